The lowest BCUT2D eigenvalue weighted by Gasteiger charge is -2.51. The molecule has 1 aliphatic heterocycles. The van der Waals surface area contributed by atoms with Crippen LogP contribution >= 0.6 is 0 Å². The quantitative estimate of drug-likeness (QED) is 0.847. The maximum atomic E-state index is 13.2. The summed E-state index contributed by atoms with van der Waals surface area (Å²) in [5, 5.41) is 3.10. The number of carbonyl (C=O) groups is 2. The van der Waals surface area contributed by atoms with Crippen molar-refractivity contribution in [3.63, 3.8) is 0 Å². The standard InChI is InChI=1S/C17H30N2O2/c1-5-13(4)12-19-15(21)16(6-2,7-3)18-14(20)17(19)10-8-9-11-17/h13H,5-12H2,1-4H3,(H,18,20). The van der Waals surface area contributed by atoms with Crippen LogP contribution < -0.4 is 5.32 Å². The van der Waals surface area contributed by atoms with E-state index in [2.05, 4.69) is 19.2 Å². The first kappa shape index (κ1) is 16.3. The largest absolute Gasteiger partial charge is 0.340 e. The third kappa shape index (κ3) is 2.47. The van der Waals surface area contributed by atoms with E-state index in [4.69, 9.17) is 0 Å². The number of hydrogen-bond donors (Lipinski definition) is 1. The van der Waals surface area contributed by atoms with Gasteiger partial charge in [0, 0.05) is 6.54 Å². The fourth-order valence-corrected chi connectivity index (χ4v) is 3.85. The van der Waals surface area contributed by atoms with Gasteiger partial charge in [-0.15, -0.1) is 0 Å². The minimum Gasteiger partial charge on any atom is -0.340 e. The summed E-state index contributed by atoms with van der Waals surface area (Å²) in [4.78, 5) is 28.0. The molecule has 1 unspecified atom stereocenters. The van der Waals surface area contributed by atoms with Gasteiger partial charge in [-0.3, -0.25) is 9.59 Å². The van der Waals surface area contributed by atoms with Gasteiger partial charge in [-0.05, 0) is 31.6 Å². The summed E-state index contributed by atoms with van der Waals surface area (Å²) in [7, 11) is 0. The van der Waals surface area contributed by atoms with Crippen molar-refractivity contribution in [3.05, 3.63) is 0 Å². The molecule has 1 aliphatic carbocycles. The second-order valence-electron chi connectivity index (χ2n) is 6.91. The molecule has 2 rings (SSSR count). The molecule has 2 aliphatic rings. The first-order valence-corrected chi connectivity index (χ1v) is 8.60. The number of rotatable bonds is 5. The van der Waals surface area contributed by atoms with Crippen LogP contribution in [-0.4, -0.2) is 34.3 Å². The highest BCUT2D eigenvalue weighted by atomic mass is 16.2. The first-order chi connectivity index (χ1) is 9.95. The molecule has 1 spiro atoms. The van der Waals surface area contributed by atoms with Crippen LogP contribution in [-0.2, 0) is 9.59 Å². The number of amides is 2. The van der Waals surface area contributed by atoms with Gasteiger partial charge >= 0.3 is 0 Å². The summed E-state index contributed by atoms with van der Waals surface area (Å²) >= 11 is 0. The van der Waals surface area contributed by atoms with E-state index in [1.807, 2.05) is 18.7 Å². The summed E-state index contributed by atoms with van der Waals surface area (Å²) in [5.74, 6) is 0.671. The van der Waals surface area contributed by atoms with Crippen LogP contribution in [0.2, 0.25) is 0 Å². The lowest BCUT2D eigenvalue weighted by atomic mass is 9.80. The van der Waals surface area contributed by atoms with Crippen LogP contribution in [0.1, 0.15) is 72.6 Å². The van der Waals surface area contributed by atoms with Crippen molar-refractivity contribution in [3.8, 4) is 0 Å². The molecular formula is C17H30N2O2. The van der Waals surface area contributed by atoms with Gasteiger partial charge in [0.2, 0.25) is 11.8 Å². The average Bonchev–Trinajstić information content (AvgIpc) is 2.98. The number of carbonyl (C=O) groups excluding carboxylic acids is 2. The zero-order valence-electron chi connectivity index (χ0n) is 14.0. The minimum atomic E-state index is -0.682. The molecule has 1 N–H and O–H groups in total. The molecular weight excluding hydrogens is 264 g/mol. The highest BCUT2D eigenvalue weighted by Crippen LogP contribution is 2.41. The average molecular weight is 294 g/mol. The van der Waals surface area contributed by atoms with Crippen LogP contribution in [0.5, 0.6) is 0 Å². The summed E-state index contributed by atoms with van der Waals surface area (Å²) in [6.45, 7) is 9.02. The second kappa shape index (κ2) is 5.98. The fourth-order valence-electron chi connectivity index (χ4n) is 3.85. The van der Waals surface area contributed by atoms with Gasteiger partial charge in [0.25, 0.3) is 0 Å². The van der Waals surface area contributed by atoms with Gasteiger partial charge in [-0.1, -0.05) is 47.0 Å². The molecule has 0 aromatic rings. The van der Waals surface area contributed by atoms with Crippen molar-refractivity contribution >= 4 is 11.8 Å². The molecule has 1 saturated carbocycles. The lowest BCUT2D eigenvalue weighted by molar-refractivity contribution is -0.164. The Labute approximate surface area is 128 Å². The predicted molar refractivity (Wildman–Crippen MR) is 83.8 cm³/mol. The van der Waals surface area contributed by atoms with Crippen LogP contribution in [0.15, 0.2) is 0 Å². The molecule has 4 heteroatoms. The van der Waals surface area contributed by atoms with E-state index in [1.165, 1.54) is 0 Å². The highest BCUT2D eigenvalue weighted by molar-refractivity contribution is 6.02. The summed E-state index contributed by atoms with van der Waals surface area (Å²) < 4.78 is 0. The Bertz CT molecular complexity index is 409. The molecule has 21 heavy (non-hydrogen) atoms. The monoisotopic (exact) mass is 294 g/mol. The van der Waals surface area contributed by atoms with Crippen LogP contribution in [0, 0.1) is 5.92 Å². The van der Waals surface area contributed by atoms with Crippen molar-refractivity contribution in [1.29, 1.82) is 0 Å². The van der Waals surface area contributed by atoms with Crippen molar-refractivity contribution in [1.82, 2.24) is 10.2 Å². The Morgan fingerprint density at radius 3 is 2.19 bits per heavy atom. The topological polar surface area (TPSA) is 49.4 Å². The SMILES string of the molecule is CCC(C)CN1C(=O)C(CC)(CC)NC(=O)C12CCCC2. The molecule has 0 aromatic carbocycles. The molecule has 0 radical (unpaired) electrons. The maximum Gasteiger partial charge on any atom is 0.249 e. The molecule has 1 atom stereocenters. The van der Waals surface area contributed by atoms with Gasteiger partial charge < -0.3 is 10.2 Å². The number of piperazine rings is 1. The summed E-state index contributed by atoms with van der Waals surface area (Å²) in [5.41, 5.74) is -1.24. The van der Waals surface area contributed by atoms with Crippen molar-refractivity contribution < 1.29 is 9.59 Å². The summed E-state index contributed by atoms with van der Waals surface area (Å²) in [6.07, 6.45) is 6.11. The number of hydrogen-bond acceptors (Lipinski definition) is 2. The molecule has 4 nitrogen and oxygen atoms in total. The zero-order valence-corrected chi connectivity index (χ0v) is 14.0. The molecule has 2 fully saturated rings. The van der Waals surface area contributed by atoms with Gasteiger partial charge in [0.05, 0.1) is 0 Å². The third-order valence-corrected chi connectivity index (χ3v) is 5.78. The summed E-state index contributed by atoms with van der Waals surface area (Å²) in [6, 6.07) is 0. The number of nitrogens with zero attached hydrogens (tertiary/aromatic N) is 1. The predicted octanol–water partition coefficient (Wildman–Crippen LogP) is 2.86. The first-order valence-electron chi connectivity index (χ1n) is 8.60. The Morgan fingerprint density at radius 1 is 1.14 bits per heavy atom. The molecule has 1 heterocycles. The Balaban J connectivity index is 2.39. The van der Waals surface area contributed by atoms with Crippen LogP contribution in [0.25, 0.3) is 0 Å². The molecule has 1 saturated heterocycles. The maximum absolute atomic E-state index is 13.2. The van der Waals surface area contributed by atoms with E-state index >= 15 is 0 Å². The smallest absolute Gasteiger partial charge is 0.249 e. The Kier molecular flexibility index (Phi) is 4.64. The molecule has 120 valence electrons. The van der Waals surface area contributed by atoms with Gasteiger partial charge in [0.1, 0.15) is 11.1 Å². The fraction of sp³-hybridized carbons (Fsp3) is 0.882. The second-order valence-corrected chi connectivity index (χ2v) is 6.91. The van der Waals surface area contributed by atoms with Crippen LogP contribution in [0.3, 0.4) is 0 Å². The zero-order chi connectivity index (χ0) is 15.7. The van der Waals surface area contributed by atoms with Crippen molar-refractivity contribution in [2.24, 2.45) is 5.92 Å². The third-order valence-electron chi connectivity index (χ3n) is 5.78. The van der Waals surface area contributed by atoms with Gasteiger partial charge in [-0.25, -0.2) is 0 Å². The minimum absolute atomic E-state index is 0.0894. The van der Waals surface area contributed by atoms with Gasteiger partial charge in [-0.2, -0.15) is 0 Å². The Hall–Kier alpha value is -1.06. The van der Waals surface area contributed by atoms with E-state index < -0.39 is 11.1 Å². The van der Waals surface area contributed by atoms with Gasteiger partial charge in [0.15, 0.2) is 0 Å². The molecule has 0 aromatic heterocycles. The Morgan fingerprint density at radius 2 is 1.71 bits per heavy atom. The van der Waals surface area contributed by atoms with Crippen LogP contribution in [0.4, 0.5) is 0 Å². The van der Waals surface area contributed by atoms with Crippen molar-refractivity contribution in [2.75, 3.05) is 6.54 Å². The van der Waals surface area contributed by atoms with E-state index in [0.717, 1.165) is 32.1 Å². The van der Waals surface area contributed by atoms with E-state index in [9.17, 15) is 9.59 Å². The van der Waals surface area contributed by atoms with Crippen molar-refractivity contribution in [2.45, 2.75) is 83.7 Å². The van der Waals surface area contributed by atoms with E-state index in [1.54, 1.807) is 0 Å². The number of nitrogens with one attached hydrogen (secondary N) is 1. The lowest BCUT2D eigenvalue weighted by Crippen LogP contribution is -2.75. The molecule has 2 amide bonds. The highest BCUT2D eigenvalue weighted by Gasteiger charge is 2.58. The molecule has 0 bridgehead atoms. The van der Waals surface area contributed by atoms with E-state index in [0.29, 0.717) is 25.3 Å². The normalized spacial score (nSPS) is 25.2. The van der Waals surface area contributed by atoms with E-state index in [-0.39, 0.29) is 11.8 Å².